The van der Waals surface area contributed by atoms with Gasteiger partial charge < -0.3 is 16.0 Å². The Balaban J connectivity index is 1.64. The molecule has 0 bridgehead atoms. The summed E-state index contributed by atoms with van der Waals surface area (Å²) in [5, 5.41) is 10.7. The molecule has 3 N–H and O–H groups in total. The lowest BCUT2D eigenvalue weighted by molar-refractivity contribution is 0.334. The van der Waals surface area contributed by atoms with Crippen molar-refractivity contribution in [2.24, 2.45) is 22.7 Å². The Morgan fingerprint density at radius 2 is 2.00 bits per heavy atom. The third kappa shape index (κ3) is 6.90. The second kappa shape index (κ2) is 10.5. The van der Waals surface area contributed by atoms with Crippen molar-refractivity contribution in [2.45, 2.75) is 96.8 Å². The molecule has 146 valence electrons. The Morgan fingerprint density at radius 3 is 2.64 bits per heavy atom. The summed E-state index contributed by atoms with van der Waals surface area (Å²) >= 11 is 0. The average Bonchev–Trinajstić information content (AvgIpc) is 3.38. The van der Waals surface area contributed by atoms with E-state index in [0.29, 0.717) is 24.2 Å². The van der Waals surface area contributed by atoms with Crippen LogP contribution in [0.5, 0.6) is 0 Å². The van der Waals surface area contributed by atoms with E-state index in [-0.39, 0.29) is 0 Å². The van der Waals surface area contributed by atoms with Gasteiger partial charge in [-0.3, -0.25) is 4.99 Å². The van der Waals surface area contributed by atoms with Gasteiger partial charge in [-0.05, 0) is 63.8 Å². The van der Waals surface area contributed by atoms with Gasteiger partial charge in [0.15, 0.2) is 0 Å². The van der Waals surface area contributed by atoms with E-state index in [1.807, 2.05) is 6.34 Å². The molecule has 1 heterocycles. The molecule has 25 heavy (non-hydrogen) atoms. The zero-order valence-electron chi connectivity index (χ0n) is 17.2. The number of hydrogen-bond donors (Lipinski definition) is 3. The molecule has 1 saturated carbocycles. The van der Waals surface area contributed by atoms with E-state index in [1.165, 1.54) is 38.5 Å². The maximum Gasteiger partial charge on any atom is 0.0829 e. The first-order valence-electron chi connectivity index (χ1n) is 10.8. The maximum absolute atomic E-state index is 4.69. The van der Waals surface area contributed by atoms with Gasteiger partial charge in [0.05, 0.1) is 12.4 Å². The summed E-state index contributed by atoms with van der Waals surface area (Å²) in [6.07, 6.45) is 11.0. The molecule has 4 nitrogen and oxygen atoms in total. The molecule has 7 atom stereocenters. The Morgan fingerprint density at radius 1 is 1.20 bits per heavy atom. The Labute approximate surface area is 156 Å². The number of nitrogens with one attached hydrogen (secondary N) is 3. The number of aliphatic imine (C=N–C) groups is 1. The number of hydrogen-bond acceptors (Lipinski definition) is 4. The van der Waals surface area contributed by atoms with Crippen molar-refractivity contribution in [3.63, 3.8) is 0 Å². The molecule has 0 aromatic heterocycles. The van der Waals surface area contributed by atoms with E-state index < -0.39 is 0 Å². The lowest BCUT2D eigenvalue weighted by Crippen LogP contribution is -2.45. The molecule has 0 radical (unpaired) electrons. The van der Waals surface area contributed by atoms with Crippen LogP contribution in [0, 0.1) is 17.8 Å². The molecule has 2 rings (SSSR count). The van der Waals surface area contributed by atoms with Crippen molar-refractivity contribution in [3.05, 3.63) is 0 Å². The summed E-state index contributed by atoms with van der Waals surface area (Å²) in [5.74, 6) is 2.74. The van der Waals surface area contributed by atoms with Crippen LogP contribution in [0.1, 0.15) is 72.6 Å². The summed E-state index contributed by atoms with van der Waals surface area (Å²) in [7, 11) is 2.10. The fourth-order valence-electron chi connectivity index (χ4n) is 4.40. The van der Waals surface area contributed by atoms with Crippen molar-refractivity contribution < 1.29 is 0 Å². The first-order chi connectivity index (χ1) is 12.1. The van der Waals surface area contributed by atoms with Crippen molar-refractivity contribution in [1.29, 1.82) is 0 Å². The van der Waals surface area contributed by atoms with Crippen molar-refractivity contribution in [2.75, 3.05) is 13.6 Å². The van der Waals surface area contributed by atoms with E-state index in [0.717, 1.165) is 30.7 Å². The normalized spacial score (nSPS) is 32.0. The maximum atomic E-state index is 4.69. The zero-order valence-corrected chi connectivity index (χ0v) is 17.2. The topological polar surface area (TPSA) is 48.5 Å². The lowest BCUT2D eigenvalue weighted by Gasteiger charge is -2.29. The van der Waals surface area contributed by atoms with Gasteiger partial charge in [-0.15, -0.1) is 0 Å². The monoisotopic (exact) mass is 350 g/mol. The van der Waals surface area contributed by atoms with Crippen LogP contribution < -0.4 is 16.0 Å². The predicted molar refractivity (Wildman–Crippen MR) is 109 cm³/mol. The van der Waals surface area contributed by atoms with Crippen molar-refractivity contribution in [1.82, 2.24) is 16.0 Å². The Bertz CT molecular complexity index is 397. The van der Waals surface area contributed by atoms with E-state index >= 15 is 0 Å². The summed E-state index contributed by atoms with van der Waals surface area (Å²) < 4.78 is 0. The molecule has 0 spiro atoms. The van der Waals surface area contributed by atoms with Gasteiger partial charge in [0.1, 0.15) is 0 Å². The van der Waals surface area contributed by atoms with Crippen LogP contribution in [0.15, 0.2) is 4.99 Å². The minimum absolute atomic E-state index is 0.483. The molecule has 0 aromatic carbocycles. The molecule has 1 aliphatic carbocycles. The predicted octanol–water partition coefficient (Wildman–Crippen LogP) is 3.57. The van der Waals surface area contributed by atoms with Crippen LogP contribution in [0.2, 0.25) is 0 Å². The van der Waals surface area contributed by atoms with Crippen LogP contribution in [0.3, 0.4) is 0 Å². The van der Waals surface area contributed by atoms with Gasteiger partial charge in [-0.1, -0.05) is 33.6 Å². The molecule has 2 aliphatic rings. The Hall–Kier alpha value is -0.610. The second-order valence-corrected chi connectivity index (χ2v) is 8.60. The first kappa shape index (κ1) is 20.7. The molecule has 4 heteroatoms. The highest BCUT2D eigenvalue weighted by Crippen LogP contribution is 2.44. The summed E-state index contributed by atoms with van der Waals surface area (Å²) in [6, 6.07) is 2.27. The van der Waals surface area contributed by atoms with Crippen LogP contribution >= 0.6 is 0 Å². The Kier molecular flexibility index (Phi) is 8.71. The first-order valence-corrected chi connectivity index (χ1v) is 10.8. The number of nitrogens with zero attached hydrogens (tertiary/aromatic N) is 1. The fraction of sp³-hybridized carbons (Fsp3) is 0.952. The molecular weight excluding hydrogens is 308 g/mol. The van der Waals surface area contributed by atoms with E-state index in [2.05, 4.69) is 55.7 Å². The number of rotatable bonds is 12. The van der Waals surface area contributed by atoms with Crippen LogP contribution in [-0.2, 0) is 0 Å². The summed E-state index contributed by atoms with van der Waals surface area (Å²) in [4.78, 5) is 4.69. The van der Waals surface area contributed by atoms with Crippen LogP contribution in [0.25, 0.3) is 0 Å². The van der Waals surface area contributed by atoms with Gasteiger partial charge in [-0.25, -0.2) is 0 Å². The average molecular weight is 351 g/mol. The van der Waals surface area contributed by atoms with Crippen molar-refractivity contribution >= 4 is 6.34 Å². The standard InChI is InChI=1S/C21H42N4/c1-6-15(3)21(22-5)9-8-19-12-20(25-14-24-19)13-23-16(4)10-18-11-17(18)7-2/h14-23H,6-13H2,1-5H3,(H,24,25)/t15-,16+,17-,18?,19-,20?,21?/m0/s1. The van der Waals surface area contributed by atoms with Gasteiger partial charge in [0.2, 0.25) is 0 Å². The van der Waals surface area contributed by atoms with E-state index in [9.17, 15) is 0 Å². The third-order valence-electron chi connectivity index (χ3n) is 6.63. The van der Waals surface area contributed by atoms with Gasteiger partial charge in [0.25, 0.3) is 0 Å². The lowest BCUT2D eigenvalue weighted by atomic mass is 9.91. The molecule has 1 fully saturated rings. The van der Waals surface area contributed by atoms with Gasteiger partial charge >= 0.3 is 0 Å². The molecule has 0 saturated heterocycles. The minimum atomic E-state index is 0.483. The molecule has 0 aromatic rings. The summed E-state index contributed by atoms with van der Waals surface area (Å²) in [6.45, 7) is 10.4. The zero-order chi connectivity index (χ0) is 18.2. The SMILES string of the molecule is CC[C@H]1CC1C[C@@H](C)NCC1C[C@H](CCC(NC)[C@@H](C)CC)N=CN1. The van der Waals surface area contributed by atoms with Gasteiger partial charge in [0, 0.05) is 24.7 Å². The van der Waals surface area contributed by atoms with E-state index in [4.69, 9.17) is 0 Å². The molecule has 1 aliphatic heterocycles. The smallest absolute Gasteiger partial charge is 0.0829 e. The quantitative estimate of drug-likeness (QED) is 0.504. The van der Waals surface area contributed by atoms with E-state index in [1.54, 1.807) is 0 Å². The molecular formula is C21H42N4. The highest BCUT2D eigenvalue weighted by Gasteiger charge is 2.35. The molecule has 3 unspecified atom stereocenters. The van der Waals surface area contributed by atoms with Crippen molar-refractivity contribution in [3.8, 4) is 0 Å². The highest BCUT2D eigenvalue weighted by atomic mass is 15.1. The van der Waals surface area contributed by atoms with Crippen LogP contribution in [0.4, 0.5) is 0 Å². The minimum Gasteiger partial charge on any atom is -0.372 e. The highest BCUT2D eigenvalue weighted by molar-refractivity contribution is 5.56. The van der Waals surface area contributed by atoms with Gasteiger partial charge in [-0.2, -0.15) is 0 Å². The van der Waals surface area contributed by atoms with Crippen LogP contribution in [-0.4, -0.2) is 44.1 Å². The molecule has 0 amide bonds. The third-order valence-corrected chi connectivity index (χ3v) is 6.63. The summed E-state index contributed by atoms with van der Waals surface area (Å²) in [5.41, 5.74) is 0. The largest absolute Gasteiger partial charge is 0.372 e. The second-order valence-electron chi connectivity index (χ2n) is 8.60. The fourth-order valence-corrected chi connectivity index (χ4v) is 4.40.